The van der Waals surface area contributed by atoms with Crippen molar-refractivity contribution in [3.8, 4) is 0 Å². The van der Waals surface area contributed by atoms with Crippen LogP contribution in [0, 0.1) is 0 Å². The van der Waals surface area contributed by atoms with Gasteiger partial charge in [0.25, 0.3) is 0 Å². The Morgan fingerprint density at radius 1 is 1.00 bits per heavy atom. The van der Waals surface area contributed by atoms with Gasteiger partial charge in [-0.1, -0.05) is 59.6 Å². The van der Waals surface area contributed by atoms with Crippen LogP contribution in [0.1, 0.15) is 57.2 Å². The molecule has 0 spiro atoms. The predicted molar refractivity (Wildman–Crippen MR) is 121 cm³/mol. The van der Waals surface area contributed by atoms with Gasteiger partial charge in [0.15, 0.2) is 0 Å². The van der Waals surface area contributed by atoms with E-state index in [-0.39, 0.29) is 30.8 Å². The minimum absolute atomic E-state index is 0.131. The fourth-order valence-electron chi connectivity index (χ4n) is 2.94. The Balaban J connectivity index is 2.09. The van der Waals surface area contributed by atoms with E-state index < -0.39 is 11.7 Å². The largest absolute Gasteiger partial charge is 0.444 e. The number of hydrogen-bond donors (Lipinski definition) is 2. The summed E-state index contributed by atoms with van der Waals surface area (Å²) >= 11 is 12.2. The van der Waals surface area contributed by atoms with Gasteiger partial charge in [-0.25, -0.2) is 4.79 Å². The highest BCUT2D eigenvalue weighted by atomic mass is 35.5. The highest BCUT2D eigenvalue weighted by Gasteiger charge is 2.22. The molecule has 0 saturated carbocycles. The Kier molecular flexibility index (Phi) is 8.56. The SMILES string of the molecule is CC(NC(=O)CC(CNC(=O)OC(C)(C)C)c1ccc(Cl)c(Cl)c1)c1ccccc1. The van der Waals surface area contributed by atoms with Gasteiger partial charge < -0.3 is 15.4 Å². The number of nitrogens with one attached hydrogen (secondary N) is 2. The molecular formula is C23H28Cl2N2O3. The lowest BCUT2D eigenvalue weighted by atomic mass is 9.95. The first-order valence-corrected chi connectivity index (χ1v) is 10.6. The minimum atomic E-state index is -0.606. The fourth-order valence-corrected chi connectivity index (χ4v) is 3.25. The van der Waals surface area contributed by atoms with E-state index >= 15 is 0 Å². The maximum atomic E-state index is 12.7. The second kappa shape index (κ2) is 10.7. The number of halogens is 2. The number of hydrogen-bond acceptors (Lipinski definition) is 3. The summed E-state index contributed by atoms with van der Waals surface area (Å²) < 4.78 is 5.30. The lowest BCUT2D eigenvalue weighted by molar-refractivity contribution is -0.122. The molecule has 30 heavy (non-hydrogen) atoms. The standard InChI is InChI=1S/C23H28Cl2N2O3/c1-15(16-8-6-5-7-9-16)27-21(28)13-18(14-26-22(29)30-23(2,3)4)17-10-11-19(24)20(25)12-17/h5-12,15,18H,13-14H2,1-4H3,(H,26,29)(H,27,28). The molecule has 2 amide bonds. The predicted octanol–water partition coefficient (Wildman–Crippen LogP) is 5.87. The zero-order valence-corrected chi connectivity index (χ0v) is 19.2. The number of ether oxygens (including phenoxy) is 1. The van der Waals surface area contributed by atoms with E-state index in [4.69, 9.17) is 27.9 Å². The van der Waals surface area contributed by atoms with E-state index in [2.05, 4.69) is 10.6 Å². The molecule has 2 aromatic rings. The van der Waals surface area contributed by atoms with Crippen LogP contribution in [0.25, 0.3) is 0 Å². The fraction of sp³-hybridized carbons (Fsp3) is 0.391. The second-order valence-corrected chi connectivity index (χ2v) is 8.97. The Hall–Kier alpha value is -2.24. The molecule has 2 unspecified atom stereocenters. The highest BCUT2D eigenvalue weighted by molar-refractivity contribution is 6.42. The molecule has 5 nitrogen and oxygen atoms in total. The minimum Gasteiger partial charge on any atom is -0.444 e. The van der Waals surface area contributed by atoms with Crippen molar-refractivity contribution in [3.05, 3.63) is 69.7 Å². The van der Waals surface area contributed by atoms with Gasteiger partial charge in [0, 0.05) is 18.9 Å². The van der Waals surface area contributed by atoms with Crippen LogP contribution in [0.4, 0.5) is 4.79 Å². The lowest BCUT2D eigenvalue weighted by Crippen LogP contribution is -2.36. The van der Waals surface area contributed by atoms with E-state index in [1.54, 1.807) is 32.9 Å². The van der Waals surface area contributed by atoms with E-state index in [9.17, 15) is 9.59 Å². The number of amides is 2. The average molecular weight is 451 g/mol. The quantitative estimate of drug-likeness (QED) is 0.553. The van der Waals surface area contributed by atoms with Gasteiger partial charge in [0.05, 0.1) is 16.1 Å². The number of carbonyl (C=O) groups excluding carboxylic acids is 2. The molecule has 0 heterocycles. The number of alkyl carbamates (subject to hydrolysis) is 1. The van der Waals surface area contributed by atoms with Gasteiger partial charge in [-0.3, -0.25) is 4.79 Å². The highest BCUT2D eigenvalue weighted by Crippen LogP contribution is 2.28. The second-order valence-electron chi connectivity index (χ2n) is 8.16. The Morgan fingerprint density at radius 2 is 1.67 bits per heavy atom. The van der Waals surface area contributed by atoms with Gasteiger partial charge in [0.1, 0.15) is 5.60 Å². The molecule has 0 saturated heterocycles. The maximum absolute atomic E-state index is 12.7. The molecule has 0 aliphatic carbocycles. The first-order valence-electron chi connectivity index (χ1n) is 9.81. The van der Waals surface area contributed by atoms with Crippen LogP contribution in [0.2, 0.25) is 10.0 Å². The van der Waals surface area contributed by atoms with Crippen molar-refractivity contribution in [2.75, 3.05) is 6.54 Å². The van der Waals surface area contributed by atoms with E-state index in [1.165, 1.54) is 0 Å². The van der Waals surface area contributed by atoms with Crippen LogP contribution in [-0.4, -0.2) is 24.1 Å². The number of carbonyl (C=O) groups is 2. The normalized spacial score (nSPS) is 13.3. The van der Waals surface area contributed by atoms with E-state index in [0.717, 1.165) is 11.1 Å². The van der Waals surface area contributed by atoms with Crippen LogP contribution >= 0.6 is 23.2 Å². The van der Waals surface area contributed by atoms with Crippen LogP contribution < -0.4 is 10.6 Å². The summed E-state index contributed by atoms with van der Waals surface area (Å²) in [5.41, 5.74) is 1.22. The number of benzene rings is 2. The number of rotatable bonds is 7. The van der Waals surface area contributed by atoms with Gasteiger partial charge in [0.2, 0.25) is 5.91 Å². The summed E-state index contributed by atoms with van der Waals surface area (Å²) in [7, 11) is 0. The summed E-state index contributed by atoms with van der Waals surface area (Å²) in [6.45, 7) is 7.53. The molecule has 0 fully saturated rings. The summed E-state index contributed by atoms with van der Waals surface area (Å²) in [5, 5.41) is 6.58. The van der Waals surface area contributed by atoms with Crippen molar-refractivity contribution in [2.24, 2.45) is 0 Å². The third-order valence-corrected chi connectivity index (χ3v) is 5.15. The van der Waals surface area contributed by atoms with Crippen LogP contribution in [0.3, 0.4) is 0 Å². The lowest BCUT2D eigenvalue weighted by Gasteiger charge is -2.23. The van der Waals surface area contributed by atoms with Crippen molar-refractivity contribution >= 4 is 35.2 Å². The molecule has 0 aliphatic heterocycles. The van der Waals surface area contributed by atoms with Gasteiger partial charge >= 0.3 is 6.09 Å². The van der Waals surface area contributed by atoms with Gasteiger partial charge in [-0.2, -0.15) is 0 Å². The smallest absolute Gasteiger partial charge is 0.407 e. The summed E-state index contributed by atoms with van der Waals surface area (Å²) in [4.78, 5) is 24.8. The van der Waals surface area contributed by atoms with Crippen LogP contribution in [0.5, 0.6) is 0 Å². The molecule has 0 aliphatic rings. The molecule has 0 radical (unpaired) electrons. The Bertz CT molecular complexity index is 866. The Morgan fingerprint density at radius 3 is 2.27 bits per heavy atom. The van der Waals surface area contributed by atoms with Crippen molar-refractivity contribution < 1.29 is 14.3 Å². The molecule has 2 aromatic carbocycles. The van der Waals surface area contributed by atoms with Crippen molar-refractivity contribution in [3.63, 3.8) is 0 Å². The summed E-state index contributed by atoms with van der Waals surface area (Å²) in [6, 6.07) is 14.8. The average Bonchev–Trinajstić information content (AvgIpc) is 2.66. The van der Waals surface area contributed by atoms with Gasteiger partial charge in [-0.15, -0.1) is 0 Å². The topological polar surface area (TPSA) is 67.4 Å². The third kappa shape index (κ3) is 7.88. The zero-order chi connectivity index (χ0) is 22.3. The van der Waals surface area contributed by atoms with Crippen molar-refractivity contribution in [1.82, 2.24) is 10.6 Å². The van der Waals surface area contributed by atoms with Crippen LogP contribution in [0.15, 0.2) is 48.5 Å². The summed E-state index contributed by atoms with van der Waals surface area (Å²) in [5.74, 6) is -0.427. The summed E-state index contributed by atoms with van der Waals surface area (Å²) in [6.07, 6.45) is -0.365. The van der Waals surface area contributed by atoms with E-state index in [0.29, 0.717) is 10.0 Å². The zero-order valence-electron chi connectivity index (χ0n) is 17.7. The van der Waals surface area contributed by atoms with Crippen molar-refractivity contribution in [2.45, 2.75) is 51.7 Å². The van der Waals surface area contributed by atoms with Gasteiger partial charge in [-0.05, 0) is 51.0 Å². The molecule has 2 rings (SSSR count). The molecular weight excluding hydrogens is 423 g/mol. The van der Waals surface area contributed by atoms with E-state index in [1.807, 2.05) is 43.3 Å². The molecule has 2 N–H and O–H groups in total. The molecule has 0 bridgehead atoms. The van der Waals surface area contributed by atoms with Crippen molar-refractivity contribution in [1.29, 1.82) is 0 Å². The first-order chi connectivity index (χ1) is 14.0. The Labute approximate surface area is 188 Å². The first kappa shape index (κ1) is 24.0. The molecule has 2 atom stereocenters. The molecule has 162 valence electrons. The van der Waals surface area contributed by atoms with Crippen LogP contribution in [-0.2, 0) is 9.53 Å². The maximum Gasteiger partial charge on any atom is 0.407 e. The monoisotopic (exact) mass is 450 g/mol. The molecule has 0 aromatic heterocycles. The third-order valence-electron chi connectivity index (χ3n) is 4.42. The molecule has 7 heteroatoms.